The zero-order chi connectivity index (χ0) is 13.5. The van der Waals surface area contributed by atoms with Gasteiger partial charge in [0.05, 0.1) is 11.9 Å². The molecular formula is C13H22ClN3O. The van der Waals surface area contributed by atoms with Crippen LogP contribution in [0.5, 0.6) is 0 Å². The molecule has 0 radical (unpaired) electrons. The first kappa shape index (κ1) is 15.0. The van der Waals surface area contributed by atoms with E-state index < -0.39 is 0 Å². The van der Waals surface area contributed by atoms with E-state index in [4.69, 9.17) is 11.6 Å². The van der Waals surface area contributed by atoms with Gasteiger partial charge in [-0.05, 0) is 12.3 Å². The molecule has 1 heterocycles. The number of nitrogens with zero attached hydrogens (tertiary/aromatic N) is 2. The highest BCUT2D eigenvalue weighted by molar-refractivity contribution is 6.32. The van der Waals surface area contributed by atoms with Gasteiger partial charge in [0, 0.05) is 13.1 Å². The van der Waals surface area contributed by atoms with Crippen molar-refractivity contribution in [3.63, 3.8) is 0 Å². The molecule has 0 spiro atoms. The molecule has 0 aliphatic rings. The van der Waals surface area contributed by atoms with Crippen molar-refractivity contribution >= 4 is 17.3 Å². The number of unbranched alkanes of at least 4 members (excludes halogenated alkanes) is 2. The monoisotopic (exact) mass is 271 g/mol. The van der Waals surface area contributed by atoms with E-state index in [-0.39, 0.29) is 10.6 Å². The average Bonchev–Trinajstić information content (AvgIpc) is 2.32. The van der Waals surface area contributed by atoms with Gasteiger partial charge in [-0.2, -0.15) is 5.10 Å². The second-order valence-electron chi connectivity index (χ2n) is 4.89. The van der Waals surface area contributed by atoms with Crippen LogP contribution in [0, 0.1) is 5.92 Å². The number of aromatic nitrogens is 2. The van der Waals surface area contributed by atoms with Crippen molar-refractivity contribution in [1.82, 2.24) is 9.78 Å². The smallest absolute Gasteiger partial charge is 0.287 e. The highest BCUT2D eigenvalue weighted by atomic mass is 35.5. The molecule has 1 aromatic rings. The molecule has 0 unspecified atom stereocenters. The van der Waals surface area contributed by atoms with Crippen LogP contribution in [0.1, 0.15) is 40.0 Å². The highest BCUT2D eigenvalue weighted by Gasteiger charge is 2.09. The molecule has 0 aliphatic heterocycles. The Kier molecular flexibility index (Phi) is 6.19. The summed E-state index contributed by atoms with van der Waals surface area (Å²) in [6, 6.07) is 0. The molecule has 1 rings (SSSR count). The van der Waals surface area contributed by atoms with Gasteiger partial charge in [-0.15, -0.1) is 0 Å². The molecule has 18 heavy (non-hydrogen) atoms. The Morgan fingerprint density at radius 3 is 2.78 bits per heavy atom. The Balaban J connectivity index is 2.72. The van der Waals surface area contributed by atoms with Crippen LogP contribution < -0.4 is 10.9 Å². The van der Waals surface area contributed by atoms with Crippen LogP contribution in [0.25, 0.3) is 0 Å². The lowest BCUT2D eigenvalue weighted by Crippen LogP contribution is -2.26. The zero-order valence-electron chi connectivity index (χ0n) is 11.4. The van der Waals surface area contributed by atoms with E-state index in [1.807, 2.05) is 13.8 Å². The fourth-order valence-corrected chi connectivity index (χ4v) is 1.88. The summed E-state index contributed by atoms with van der Waals surface area (Å²) in [5, 5.41) is 7.53. The molecule has 102 valence electrons. The van der Waals surface area contributed by atoms with Crippen molar-refractivity contribution in [2.45, 2.75) is 46.6 Å². The summed E-state index contributed by atoms with van der Waals surface area (Å²) >= 11 is 6.06. The molecule has 1 aromatic heterocycles. The lowest BCUT2D eigenvalue weighted by Gasteiger charge is -2.11. The van der Waals surface area contributed by atoms with E-state index in [0.29, 0.717) is 18.2 Å². The number of hydrogen-bond acceptors (Lipinski definition) is 3. The van der Waals surface area contributed by atoms with Crippen molar-refractivity contribution < 1.29 is 0 Å². The highest BCUT2D eigenvalue weighted by Crippen LogP contribution is 2.15. The van der Waals surface area contributed by atoms with Crippen molar-refractivity contribution in [3.05, 3.63) is 21.6 Å². The topological polar surface area (TPSA) is 46.9 Å². The minimum absolute atomic E-state index is 0.217. The first-order valence-electron chi connectivity index (χ1n) is 6.55. The number of halogens is 1. The normalized spacial score (nSPS) is 10.9. The van der Waals surface area contributed by atoms with Gasteiger partial charge in [0.2, 0.25) is 0 Å². The van der Waals surface area contributed by atoms with E-state index >= 15 is 0 Å². The second-order valence-corrected chi connectivity index (χ2v) is 5.27. The van der Waals surface area contributed by atoms with Crippen molar-refractivity contribution in [1.29, 1.82) is 0 Å². The standard InChI is InChI=1S/C13H22ClN3O/c1-4-5-6-7-15-11-8-16-17(9-10(2)3)13(18)12(11)14/h8,10,15H,4-7,9H2,1-3H3. The number of hydrogen-bond donors (Lipinski definition) is 1. The maximum absolute atomic E-state index is 11.9. The number of nitrogens with one attached hydrogen (secondary N) is 1. The summed E-state index contributed by atoms with van der Waals surface area (Å²) in [5.74, 6) is 0.370. The van der Waals surface area contributed by atoms with Gasteiger partial charge in [-0.25, -0.2) is 4.68 Å². The van der Waals surface area contributed by atoms with E-state index in [9.17, 15) is 4.79 Å². The van der Waals surface area contributed by atoms with Crippen LogP contribution >= 0.6 is 11.6 Å². The average molecular weight is 272 g/mol. The van der Waals surface area contributed by atoms with Crippen LogP contribution in [0.4, 0.5) is 5.69 Å². The minimum Gasteiger partial charge on any atom is -0.382 e. The third kappa shape index (κ3) is 4.33. The summed E-state index contributed by atoms with van der Waals surface area (Å²) in [4.78, 5) is 11.9. The third-order valence-corrected chi connectivity index (χ3v) is 2.98. The van der Waals surface area contributed by atoms with Gasteiger partial charge in [0.15, 0.2) is 0 Å². The maximum Gasteiger partial charge on any atom is 0.287 e. The molecule has 0 fully saturated rings. The van der Waals surface area contributed by atoms with Gasteiger partial charge < -0.3 is 5.32 Å². The van der Waals surface area contributed by atoms with E-state index in [1.54, 1.807) is 6.20 Å². The molecule has 1 N–H and O–H groups in total. The molecule has 0 atom stereocenters. The third-order valence-electron chi connectivity index (χ3n) is 2.62. The van der Waals surface area contributed by atoms with E-state index in [1.165, 1.54) is 17.5 Å². The van der Waals surface area contributed by atoms with Crippen molar-refractivity contribution in [2.24, 2.45) is 5.92 Å². The predicted molar refractivity (Wildman–Crippen MR) is 76.4 cm³/mol. The Morgan fingerprint density at radius 2 is 2.17 bits per heavy atom. The lowest BCUT2D eigenvalue weighted by atomic mass is 10.2. The fraction of sp³-hybridized carbons (Fsp3) is 0.692. The minimum atomic E-state index is -0.217. The Hall–Kier alpha value is -1.03. The van der Waals surface area contributed by atoms with E-state index in [0.717, 1.165) is 13.0 Å². The van der Waals surface area contributed by atoms with Crippen LogP contribution in [-0.4, -0.2) is 16.3 Å². The van der Waals surface area contributed by atoms with Crippen LogP contribution in [-0.2, 0) is 6.54 Å². The number of anilines is 1. The van der Waals surface area contributed by atoms with Gasteiger partial charge >= 0.3 is 0 Å². The fourth-order valence-electron chi connectivity index (χ4n) is 1.66. The van der Waals surface area contributed by atoms with Gasteiger partial charge in [-0.1, -0.05) is 45.2 Å². The first-order chi connectivity index (χ1) is 8.56. The van der Waals surface area contributed by atoms with Crippen LogP contribution in [0.3, 0.4) is 0 Å². The summed E-state index contributed by atoms with van der Waals surface area (Å²) in [6.07, 6.45) is 5.05. The maximum atomic E-state index is 11.9. The molecule has 0 amide bonds. The molecular weight excluding hydrogens is 250 g/mol. The second kappa shape index (κ2) is 7.41. The summed E-state index contributed by atoms with van der Waals surface area (Å²) in [6.45, 7) is 7.65. The quantitative estimate of drug-likeness (QED) is 0.775. The zero-order valence-corrected chi connectivity index (χ0v) is 12.1. The molecule has 0 saturated heterocycles. The molecule has 0 aromatic carbocycles. The molecule has 0 bridgehead atoms. The molecule has 4 nitrogen and oxygen atoms in total. The van der Waals surface area contributed by atoms with E-state index in [2.05, 4.69) is 17.3 Å². The number of rotatable bonds is 7. The Labute approximate surface area is 113 Å². The Bertz CT molecular complexity index is 429. The summed E-state index contributed by atoms with van der Waals surface area (Å²) < 4.78 is 1.42. The molecule has 0 aliphatic carbocycles. The molecule has 0 saturated carbocycles. The summed E-state index contributed by atoms with van der Waals surface area (Å²) in [5.41, 5.74) is 0.420. The van der Waals surface area contributed by atoms with Gasteiger partial charge in [-0.3, -0.25) is 4.79 Å². The first-order valence-corrected chi connectivity index (χ1v) is 6.93. The lowest BCUT2D eigenvalue weighted by molar-refractivity contribution is 0.464. The Morgan fingerprint density at radius 1 is 1.44 bits per heavy atom. The van der Waals surface area contributed by atoms with Crippen LogP contribution in [0.2, 0.25) is 5.02 Å². The van der Waals surface area contributed by atoms with Gasteiger partial charge in [0.25, 0.3) is 5.56 Å². The van der Waals surface area contributed by atoms with Crippen molar-refractivity contribution in [2.75, 3.05) is 11.9 Å². The molecule has 5 heteroatoms. The predicted octanol–water partition coefficient (Wildman–Crippen LogP) is 3.15. The van der Waals surface area contributed by atoms with Crippen LogP contribution in [0.15, 0.2) is 11.0 Å². The van der Waals surface area contributed by atoms with Gasteiger partial charge in [0.1, 0.15) is 5.02 Å². The van der Waals surface area contributed by atoms with Crippen molar-refractivity contribution in [3.8, 4) is 0 Å². The largest absolute Gasteiger partial charge is 0.382 e. The summed E-state index contributed by atoms with van der Waals surface area (Å²) in [7, 11) is 0. The SMILES string of the molecule is CCCCCNc1cnn(CC(C)C)c(=O)c1Cl.